The summed E-state index contributed by atoms with van der Waals surface area (Å²) in [7, 11) is 1.59. The van der Waals surface area contributed by atoms with Crippen LogP contribution in [0.3, 0.4) is 0 Å². The van der Waals surface area contributed by atoms with E-state index in [4.69, 9.17) is 4.74 Å². The first-order valence-corrected chi connectivity index (χ1v) is 13.2. The first-order chi connectivity index (χ1) is 18.8. The van der Waals surface area contributed by atoms with Crippen molar-refractivity contribution in [2.24, 2.45) is 5.41 Å². The first-order valence-electron chi connectivity index (χ1n) is 13.2. The van der Waals surface area contributed by atoms with E-state index >= 15 is 0 Å². The van der Waals surface area contributed by atoms with Gasteiger partial charge in [-0.2, -0.15) is 0 Å². The van der Waals surface area contributed by atoms with Gasteiger partial charge in [0.2, 0.25) is 5.91 Å². The number of hydroxylamine groups is 1. The first kappa shape index (κ1) is 28.8. The minimum atomic E-state index is -1.46. The van der Waals surface area contributed by atoms with Crippen LogP contribution in [0.2, 0.25) is 0 Å². The lowest BCUT2D eigenvalue weighted by Crippen LogP contribution is -2.48. The lowest BCUT2D eigenvalue weighted by atomic mass is 9.73. The molecule has 0 spiro atoms. The van der Waals surface area contributed by atoms with E-state index in [0.29, 0.717) is 75.9 Å². The SMILES string of the molecule is COc1ccc2ncc(CO)c(CCCC3(C(=O)NO)CCN(CCCc4cc(F)c(F)c(F)c4)CC3)c2c1. The fourth-order valence-corrected chi connectivity index (χ4v) is 5.60. The van der Waals surface area contributed by atoms with Gasteiger partial charge < -0.3 is 14.7 Å². The number of hydrogen-bond donors (Lipinski definition) is 3. The fourth-order valence-electron chi connectivity index (χ4n) is 5.60. The molecule has 7 nitrogen and oxygen atoms in total. The Bertz CT molecular complexity index is 1280. The molecule has 1 amide bonds. The van der Waals surface area contributed by atoms with Crippen LogP contribution >= 0.6 is 0 Å². The molecule has 4 rings (SSSR count). The minimum absolute atomic E-state index is 0.149. The Morgan fingerprint density at radius 1 is 1.10 bits per heavy atom. The van der Waals surface area contributed by atoms with Gasteiger partial charge >= 0.3 is 0 Å². The van der Waals surface area contributed by atoms with Crippen LogP contribution in [0.4, 0.5) is 13.2 Å². The number of nitrogens with one attached hydrogen (secondary N) is 1. The number of pyridine rings is 1. The zero-order valence-electron chi connectivity index (χ0n) is 22.0. The number of ether oxygens (including phenoxy) is 1. The van der Waals surface area contributed by atoms with E-state index < -0.39 is 28.8 Å². The molecule has 1 saturated heterocycles. The van der Waals surface area contributed by atoms with Gasteiger partial charge in [0.15, 0.2) is 17.5 Å². The topological polar surface area (TPSA) is 94.9 Å². The van der Waals surface area contributed by atoms with Crippen molar-refractivity contribution in [1.29, 1.82) is 0 Å². The van der Waals surface area contributed by atoms with Crippen molar-refractivity contribution < 1.29 is 33.0 Å². The highest BCUT2D eigenvalue weighted by Gasteiger charge is 2.40. The number of halogens is 3. The van der Waals surface area contributed by atoms with E-state index in [0.717, 1.165) is 34.2 Å². The molecule has 210 valence electrons. The number of piperidine rings is 1. The van der Waals surface area contributed by atoms with Crippen molar-refractivity contribution in [1.82, 2.24) is 15.4 Å². The molecule has 0 atom stereocenters. The predicted octanol–water partition coefficient (Wildman–Crippen LogP) is 4.70. The molecule has 2 heterocycles. The number of nitrogens with zero attached hydrogens (tertiary/aromatic N) is 2. The number of fused-ring (bicyclic) bond motifs is 1. The molecule has 3 N–H and O–H groups in total. The van der Waals surface area contributed by atoms with E-state index in [2.05, 4.69) is 9.88 Å². The molecular formula is C29H34F3N3O4. The standard InChI is InChI=1S/C29H34F3N3O4/c1-39-21-6-7-26-23(16-21)22(20(18-36)17-33-26)5-2-8-29(28(37)34-38)9-12-35(13-10-29)11-3-4-19-14-24(30)27(32)25(31)15-19/h6-7,14-17,36,38H,2-5,8-13,18H2,1H3,(H,34,37). The molecule has 10 heteroatoms. The molecule has 1 aromatic heterocycles. The summed E-state index contributed by atoms with van der Waals surface area (Å²) in [6.07, 6.45) is 5.66. The van der Waals surface area contributed by atoms with Gasteiger partial charge in [-0.3, -0.25) is 15.0 Å². The molecule has 0 radical (unpaired) electrons. The van der Waals surface area contributed by atoms with Crippen molar-refractivity contribution in [3.63, 3.8) is 0 Å². The van der Waals surface area contributed by atoms with Crippen LogP contribution in [-0.4, -0.2) is 52.8 Å². The molecule has 2 aromatic carbocycles. The number of hydrogen-bond acceptors (Lipinski definition) is 6. The lowest BCUT2D eigenvalue weighted by molar-refractivity contribution is -0.143. The summed E-state index contributed by atoms with van der Waals surface area (Å²) in [5.41, 5.74) is 4.03. The average Bonchev–Trinajstić information content (AvgIpc) is 2.96. The molecule has 0 bridgehead atoms. The highest BCUT2D eigenvalue weighted by Crippen LogP contribution is 2.38. The maximum atomic E-state index is 13.5. The van der Waals surface area contributed by atoms with Crippen molar-refractivity contribution in [3.8, 4) is 5.75 Å². The molecule has 3 aromatic rings. The summed E-state index contributed by atoms with van der Waals surface area (Å²) in [6, 6.07) is 7.66. The zero-order valence-corrected chi connectivity index (χ0v) is 22.0. The lowest BCUT2D eigenvalue weighted by Gasteiger charge is -2.40. The molecular weight excluding hydrogens is 511 g/mol. The Labute approximate surface area is 225 Å². The normalized spacial score (nSPS) is 15.4. The Morgan fingerprint density at radius 3 is 2.46 bits per heavy atom. The average molecular weight is 546 g/mol. The van der Waals surface area contributed by atoms with Crippen molar-refractivity contribution in [2.45, 2.75) is 51.6 Å². The van der Waals surface area contributed by atoms with Gasteiger partial charge in [-0.25, -0.2) is 18.7 Å². The number of aliphatic hydroxyl groups excluding tert-OH is 1. The molecule has 1 aliphatic rings. The van der Waals surface area contributed by atoms with Crippen LogP contribution < -0.4 is 10.2 Å². The predicted molar refractivity (Wildman–Crippen MR) is 140 cm³/mol. The van der Waals surface area contributed by atoms with E-state index in [9.17, 15) is 28.3 Å². The van der Waals surface area contributed by atoms with Gasteiger partial charge in [-0.1, -0.05) is 0 Å². The second-order valence-electron chi connectivity index (χ2n) is 10.2. The van der Waals surface area contributed by atoms with E-state index in [1.54, 1.807) is 13.3 Å². The summed E-state index contributed by atoms with van der Waals surface area (Å²) < 4.78 is 45.5. The number of rotatable bonds is 11. The maximum absolute atomic E-state index is 13.5. The van der Waals surface area contributed by atoms with Crippen LogP contribution in [0.25, 0.3) is 10.9 Å². The Kier molecular flexibility index (Phi) is 9.42. The molecule has 39 heavy (non-hydrogen) atoms. The number of aliphatic hydroxyl groups is 1. The fraction of sp³-hybridized carbons (Fsp3) is 0.448. The van der Waals surface area contributed by atoms with Gasteiger partial charge in [0.05, 0.1) is 24.6 Å². The summed E-state index contributed by atoms with van der Waals surface area (Å²) in [4.78, 5) is 19.4. The van der Waals surface area contributed by atoms with Gasteiger partial charge in [-0.05, 0) is 112 Å². The second-order valence-corrected chi connectivity index (χ2v) is 10.2. The largest absolute Gasteiger partial charge is 0.497 e. The molecule has 0 saturated carbocycles. The van der Waals surface area contributed by atoms with Gasteiger partial charge in [0.1, 0.15) is 5.75 Å². The second kappa shape index (κ2) is 12.8. The van der Waals surface area contributed by atoms with Crippen LogP contribution in [0.5, 0.6) is 5.75 Å². The highest BCUT2D eigenvalue weighted by molar-refractivity contribution is 5.84. The van der Waals surface area contributed by atoms with Gasteiger partial charge in [0.25, 0.3) is 0 Å². The number of likely N-dealkylation sites (tertiary alicyclic amines) is 1. The monoisotopic (exact) mass is 545 g/mol. The summed E-state index contributed by atoms with van der Waals surface area (Å²) in [5.74, 6) is -3.54. The minimum Gasteiger partial charge on any atom is -0.497 e. The van der Waals surface area contributed by atoms with E-state index in [1.807, 2.05) is 23.7 Å². The summed E-state index contributed by atoms with van der Waals surface area (Å²) >= 11 is 0. The maximum Gasteiger partial charge on any atom is 0.249 e. The number of benzene rings is 2. The molecule has 0 aliphatic carbocycles. The third kappa shape index (κ3) is 6.51. The summed E-state index contributed by atoms with van der Waals surface area (Å²) in [5, 5.41) is 20.3. The summed E-state index contributed by atoms with van der Waals surface area (Å²) in [6.45, 7) is 1.79. The smallest absolute Gasteiger partial charge is 0.249 e. The van der Waals surface area contributed by atoms with Crippen LogP contribution in [0, 0.1) is 22.9 Å². The van der Waals surface area contributed by atoms with Gasteiger partial charge in [0, 0.05) is 11.6 Å². The third-order valence-corrected chi connectivity index (χ3v) is 7.91. The van der Waals surface area contributed by atoms with Crippen LogP contribution in [0.1, 0.15) is 48.8 Å². The Hall–Kier alpha value is -3.21. The molecule has 1 fully saturated rings. The van der Waals surface area contributed by atoms with Crippen molar-refractivity contribution in [3.05, 3.63) is 70.7 Å². The quantitative estimate of drug-likeness (QED) is 0.184. The van der Waals surface area contributed by atoms with Crippen molar-refractivity contribution >= 4 is 16.8 Å². The number of aryl methyl sites for hydroxylation is 2. The Balaban J connectivity index is 1.37. The van der Waals surface area contributed by atoms with Crippen molar-refractivity contribution in [2.75, 3.05) is 26.7 Å². The van der Waals surface area contributed by atoms with Gasteiger partial charge in [-0.15, -0.1) is 0 Å². The third-order valence-electron chi connectivity index (χ3n) is 7.91. The van der Waals surface area contributed by atoms with E-state index in [1.165, 1.54) is 0 Å². The molecule has 1 aliphatic heterocycles. The number of aromatic nitrogens is 1. The number of carbonyl (C=O) groups excluding carboxylic acids is 1. The van der Waals surface area contributed by atoms with Crippen LogP contribution in [-0.2, 0) is 24.2 Å². The highest BCUT2D eigenvalue weighted by atomic mass is 19.2. The molecule has 0 unspecified atom stereocenters. The number of carbonyl (C=O) groups is 1. The van der Waals surface area contributed by atoms with E-state index in [-0.39, 0.29) is 6.61 Å². The number of methoxy groups -OCH3 is 1. The number of amides is 1. The Morgan fingerprint density at radius 2 is 1.82 bits per heavy atom. The zero-order chi connectivity index (χ0) is 28.0. The van der Waals surface area contributed by atoms with Crippen LogP contribution in [0.15, 0.2) is 36.5 Å².